The topological polar surface area (TPSA) is 20.2 Å². The highest BCUT2D eigenvalue weighted by molar-refractivity contribution is 6.31. The lowest BCUT2D eigenvalue weighted by Gasteiger charge is -2.31. The lowest BCUT2D eigenvalue weighted by Crippen LogP contribution is -2.29. The minimum atomic E-state index is -1.33. The molecule has 0 fully saturated rings. The molecule has 1 N–H and O–H groups in total. The summed E-state index contributed by atoms with van der Waals surface area (Å²) in [7, 11) is 0. The van der Waals surface area contributed by atoms with Crippen LogP contribution in [0.25, 0.3) is 0 Å². The maximum atomic E-state index is 11.6. The van der Waals surface area contributed by atoms with Gasteiger partial charge in [0.1, 0.15) is 5.60 Å². The van der Waals surface area contributed by atoms with Crippen LogP contribution >= 0.6 is 23.2 Å². The van der Waals surface area contributed by atoms with Crippen molar-refractivity contribution in [3.63, 3.8) is 0 Å². The molecule has 1 atom stereocenters. The van der Waals surface area contributed by atoms with Crippen LogP contribution < -0.4 is 0 Å². The number of rotatable bonds is 3. The summed E-state index contributed by atoms with van der Waals surface area (Å²) >= 11 is 12.3. The predicted octanol–water partition coefficient (Wildman–Crippen LogP) is 5.28. The van der Waals surface area contributed by atoms with Crippen molar-refractivity contribution in [1.82, 2.24) is 0 Å². The summed E-state index contributed by atoms with van der Waals surface area (Å²) in [5, 5.41) is 12.7. The Labute approximate surface area is 139 Å². The van der Waals surface area contributed by atoms with Crippen molar-refractivity contribution >= 4 is 23.2 Å². The van der Waals surface area contributed by atoms with E-state index in [0.29, 0.717) is 15.6 Å². The number of hydrogen-bond acceptors (Lipinski definition) is 1. The molecule has 0 radical (unpaired) electrons. The highest BCUT2D eigenvalue weighted by Crippen LogP contribution is 2.40. The van der Waals surface area contributed by atoms with Gasteiger partial charge in [0.2, 0.25) is 0 Å². The molecule has 3 aromatic carbocycles. The molecule has 0 aliphatic heterocycles. The normalized spacial score (nSPS) is 13.6. The van der Waals surface area contributed by atoms with Crippen LogP contribution in [0.15, 0.2) is 78.9 Å². The van der Waals surface area contributed by atoms with Crippen LogP contribution in [-0.2, 0) is 5.60 Å². The third-order valence-electron chi connectivity index (χ3n) is 3.72. The Hall–Kier alpha value is -1.80. The Morgan fingerprint density at radius 3 is 1.82 bits per heavy atom. The van der Waals surface area contributed by atoms with Crippen molar-refractivity contribution in [3.05, 3.63) is 106 Å². The van der Waals surface area contributed by atoms with Crippen LogP contribution in [0, 0.1) is 0 Å². The van der Waals surface area contributed by atoms with Gasteiger partial charge in [-0.05, 0) is 29.3 Å². The Morgan fingerprint density at radius 1 is 0.636 bits per heavy atom. The Morgan fingerprint density at radius 2 is 1.18 bits per heavy atom. The molecule has 3 aromatic rings. The number of hydrogen-bond donors (Lipinski definition) is 1. The lowest BCUT2D eigenvalue weighted by atomic mass is 9.80. The van der Waals surface area contributed by atoms with Crippen LogP contribution in [0.4, 0.5) is 0 Å². The Bertz CT molecular complexity index is 769. The van der Waals surface area contributed by atoms with Gasteiger partial charge in [-0.25, -0.2) is 0 Å². The first-order valence-corrected chi connectivity index (χ1v) is 7.67. The minimum absolute atomic E-state index is 0.517. The first-order chi connectivity index (χ1) is 10.6. The zero-order valence-corrected chi connectivity index (χ0v) is 13.2. The first-order valence-electron chi connectivity index (χ1n) is 6.91. The first kappa shape index (κ1) is 15.1. The molecule has 3 rings (SSSR count). The number of aliphatic hydroxyl groups is 1. The summed E-state index contributed by atoms with van der Waals surface area (Å²) in [6, 6.07) is 24.0. The Balaban J connectivity index is 2.27. The van der Waals surface area contributed by atoms with Gasteiger partial charge in [-0.1, -0.05) is 83.9 Å². The smallest absolute Gasteiger partial charge is 0.142 e. The summed E-state index contributed by atoms with van der Waals surface area (Å²) < 4.78 is 0. The molecule has 110 valence electrons. The third-order valence-corrected chi connectivity index (χ3v) is 4.30. The quantitative estimate of drug-likeness (QED) is 0.648. The summed E-state index contributed by atoms with van der Waals surface area (Å²) in [6.45, 7) is 0. The summed E-state index contributed by atoms with van der Waals surface area (Å²) in [4.78, 5) is 0. The molecular weight excluding hydrogens is 315 g/mol. The summed E-state index contributed by atoms with van der Waals surface area (Å²) in [5.74, 6) is 0. The van der Waals surface area contributed by atoms with Gasteiger partial charge in [0.15, 0.2) is 0 Å². The molecule has 1 unspecified atom stereocenters. The van der Waals surface area contributed by atoms with Gasteiger partial charge in [0.05, 0.1) is 0 Å². The van der Waals surface area contributed by atoms with E-state index in [2.05, 4.69) is 0 Å². The van der Waals surface area contributed by atoms with Crippen molar-refractivity contribution in [2.24, 2.45) is 0 Å². The molecule has 3 heteroatoms. The molecule has 0 bridgehead atoms. The average molecular weight is 329 g/mol. The second kappa shape index (κ2) is 6.13. The van der Waals surface area contributed by atoms with E-state index < -0.39 is 5.60 Å². The minimum Gasteiger partial charge on any atom is -0.376 e. The largest absolute Gasteiger partial charge is 0.376 e. The van der Waals surface area contributed by atoms with Gasteiger partial charge in [-0.3, -0.25) is 0 Å². The molecular formula is C19H14Cl2O. The highest BCUT2D eigenvalue weighted by atomic mass is 35.5. The van der Waals surface area contributed by atoms with E-state index in [1.54, 1.807) is 18.2 Å². The second-order valence-corrected chi connectivity index (χ2v) is 5.91. The predicted molar refractivity (Wildman–Crippen MR) is 91.4 cm³/mol. The average Bonchev–Trinajstić information content (AvgIpc) is 2.56. The maximum Gasteiger partial charge on any atom is 0.142 e. The fraction of sp³-hybridized carbons (Fsp3) is 0.0526. The fourth-order valence-corrected chi connectivity index (χ4v) is 3.00. The van der Waals surface area contributed by atoms with Crippen LogP contribution in [0.3, 0.4) is 0 Å². The standard InChI is InChI=1S/C19H14Cl2O/c20-16-12-10-15(11-13-16)19(22,14-6-2-1-3-7-14)17-8-4-5-9-18(17)21/h1-13,22H. The molecule has 0 aromatic heterocycles. The highest BCUT2D eigenvalue weighted by Gasteiger charge is 2.35. The van der Waals surface area contributed by atoms with E-state index in [4.69, 9.17) is 23.2 Å². The maximum absolute atomic E-state index is 11.6. The van der Waals surface area contributed by atoms with E-state index in [9.17, 15) is 5.11 Å². The molecule has 0 aliphatic rings. The fourth-order valence-electron chi connectivity index (χ4n) is 2.60. The van der Waals surface area contributed by atoms with Crippen LogP contribution in [0.5, 0.6) is 0 Å². The number of halogens is 2. The van der Waals surface area contributed by atoms with Gasteiger partial charge in [-0.15, -0.1) is 0 Å². The molecule has 0 saturated carbocycles. The molecule has 0 saturated heterocycles. The molecule has 0 amide bonds. The lowest BCUT2D eigenvalue weighted by molar-refractivity contribution is 0.126. The SMILES string of the molecule is OC(c1ccccc1)(c1ccc(Cl)cc1)c1ccccc1Cl. The van der Waals surface area contributed by atoms with Gasteiger partial charge < -0.3 is 5.11 Å². The third kappa shape index (κ3) is 2.64. The zero-order chi connectivity index (χ0) is 15.6. The number of benzene rings is 3. The van der Waals surface area contributed by atoms with Gasteiger partial charge in [0.25, 0.3) is 0 Å². The van der Waals surface area contributed by atoms with Crippen molar-refractivity contribution < 1.29 is 5.11 Å². The summed E-state index contributed by atoms with van der Waals surface area (Å²) in [6.07, 6.45) is 0. The molecule has 22 heavy (non-hydrogen) atoms. The van der Waals surface area contributed by atoms with Crippen molar-refractivity contribution in [3.8, 4) is 0 Å². The zero-order valence-electron chi connectivity index (χ0n) is 11.7. The van der Waals surface area contributed by atoms with Crippen LogP contribution in [0.1, 0.15) is 16.7 Å². The van der Waals surface area contributed by atoms with Crippen molar-refractivity contribution in [1.29, 1.82) is 0 Å². The van der Waals surface area contributed by atoms with Crippen LogP contribution in [-0.4, -0.2) is 5.11 Å². The molecule has 0 heterocycles. The molecule has 0 spiro atoms. The second-order valence-electron chi connectivity index (χ2n) is 5.06. The Kier molecular flexibility index (Phi) is 4.21. The van der Waals surface area contributed by atoms with Gasteiger partial charge in [-0.2, -0.15) is 0 Å². The van der Waals surface area contributed by atoms with Gasteiger partial charge in [0, 0.05) is 15.6 Å². The van der Waals surface area contributed by atoms with E-state index in [1.165, 1.54) is 0 Å². The van der Waals surface area contributed by atoms with Gasteiger partial charge >= 0.3 is 0 Å². The summed E-state index contributed by atoms with van der Waals surface area (Å²) in [5.41, 5.74) is 0.788. The van der Waals surface area contributed by atoms with Crippen molar-refractivity contribution in [2.45, 2.75) is 5.60 Å². The van der Waals surface area contributed by atoms with Crippen molar-refractivity contribution in [2.75, 3.05) is 0 Å². The molecule has 1 nitrogen and oxygen atoms in total. The van der Waals surface area contributed by atoms with E-state index >= 15 is 0 Å². The van der Waals surface area contributed by atoms with E-state index in [-0.39, 0.29) is 0 Å². The van der Waals surface area contributed by atoms with E-state index in [1.807, 2.05) is 60.7 Å². The van der Waals surface area contributed by atoms with Crippen LogP contribution in [0.2, 0.25) is 10.0 Å². The molecule has 0 aliphatic carbocycles. The monoisotopic (exact) mass is 328 g/mol. The van der Waals surface area contributed by atoms with E-state index in [0.717, 1.165) is 11.1 Å².